The second kappa shape index (κ2) is 8.36. The highest BCUT2D eigenvalue weighted by atomic mass is 32.2. The number of imidazole rings is 1. The number of benzene rings is 1. The van der Waals surface area contributed by atoms with Crippen LogP contribution in [0.15, 0.2) is 40.6 Å². The first-order valence-electron chi connectivity index (χ1n) is 9.56. The van der Waals surface area contributed by atoms with Crippen molar-refractivity contribution in [1.82, 2.24) is 19.5 Å². The maximum atomic E-state index is 9.90. The Balaban J connectivity index is 1.59. The minimum atomic E-state index is -3.94. The molecule has 12 nitrogen and oxygen atoms in total. The molecule has 32 heavy (non-hydrogen) atoms. The number of rotatable bonds is 5. The fourth-order valence-electron chi connectivity index (χ4n) is 3.77. The lowest BCUT2D eigenvalue weighted by Crippen LogP contribution is -2.41. The SMILES string of the molecule is COc1cccc(Sc2nc3c(N)ncnc3n2[C@@H]2O[C@H]3CO[P+](O)(O)O[C@@H]3C2OC)c1. The molecule has 4 atom stereocenters. The summed E-state index contributed by atoms with van der Waals surface area (Å²) >= 11 is 1.36. The van der Waals surface area contributed by atoms with Crippen molar-refractivity contribution in [3.8, 4) is 5.75 Å². The summed E-state index contributed by atoms with van der Waals surface area (Å²) in [5.41, 5.74) is 6.92. The lowest BCUT2D eigenvalue weighted by Gasteiger charge is -2.26. The van der Waals surface area contributed by atoms with Crippen molar-refractivity contribution in [2.45, 2.75) is 34.6 Å². The fourth-order valence-corrected chi connectivity index (χ4v) is 5.70. The molecule has 0 saturated carbocycles. The van der Waals surface area contributed by atoms with Crippen LogP contribution in [0, 0.1) is 0 Å². The number of aromatic nitrogens is 4. The van der Waals surface area contributed by atoms with E-state index in [1.54, 1.807) is 11.7 Å². The van der Waals surface area contributed by atoms with Gasteiger partial charge in [0, 0.05) is 12.0 Å². The van der Waals surface area contributed by atoms with Gasteiger partial charge in [-0.3, -0.25) is 4.57 Å². The number of anilines is 1. The van der Waals surface area contributed by atoms with Gasteiger partial charge in [-0.2, -0.15) is 14.3 Å². The summed E-state index contributed by atoms with van der Waals surface area (Å²) in [5.74, 6) is 0.924. The highest BCUT2D eigenvalue weighted by Gasteiger charge is 2.60. The van der Waals surface area contributed by atoms with Crippen LogP contribution >= 0.6 is 19.9 Å². The molecule has 1 unspecified atom stereocenters. The normalized spacial score (nSPS) is 26.9. The molecule has 14 heteroatoms. The van der Waals surface area contributed by atoms with E-state index in [0.29, 0.717) is 22.1 Å². The maximum Gasteiger partial charge on any atom is 0.570 e. The van der Waals surface area contributed by atoms with Crippen molar-refractivity contribution in [3.63, 3.8) is 0 Å². The summed E-state index contributed by atoms with van der Waals surface area (Å²) in [4.78, 5) is 33.7. The van der Waals surface area contributed by atoms with Crippen molar-refractivity contribution >= 4 is 36.9 Å². The van der Waals surface area contributed by atoms with E-state index in [4.69, 9.17) is 29.0 Å². The van der Waals surface area contributed by atoms with Gasteiger partial charge in [-0.15, -0.1) is 4.52 Å². The molecular weight excluding hydrogens is 461 g/mol. The number of nitrogens with two attached hydrogens (primary N) is 1. The van der Waals surface area contributed by atoms with Crippen LogP contribution in [-0.4, -0.2) is 68.4 Å². The molecular formula is C18H21N5O7PS+. The van der Waals surface area contributed by atoms with Gasteiger partial charge >= 0.3 is 8.17 Å². The molecule has 0 amide bonds. The van der Waals surface area contributed by atoms with Crippen LogP contribution in [0.3, 0.4) is 0 Å². The first kappa shape index (κ1) is 21.7. The van der Waals surface area contributed by atoms with Crippen LogP contribution in [0.4, 0.5) is 5.82 Å². The molecule has 0 radical (unpaired) electrons. The molecule has 1 aromatic carbocycles. The Labute approximate surface area is 187 Å². The molecule has 2 aromatic heterocycles. The summed E-state index contributed by atoms with van der Waals surface area (Å²) in [6.45, 7) is -0.0517. The number of ether oxygens (including phenoxy) is 3. The zero-order valence-electron chi connectivity index (χ0n) is 17.1. The Morgan fingerprint density at radius 3 is 2.91 bits per heavy atom. The molecule has 0 bridgehead atoms. The molecule has 2 fully saturated rings. The van der Waals surface area contributed by atoms with Crippen LogP contribution in [0.1, 0.15) is 6.23 Å². The third-order valence-electron chi connectivity index (χ3n) is 5.20. The zero-order chi connectivity index (χ0) is 22.5. The molecule has 2 aliphatic rings. The molecule has 4 heterocycles. The predicted octanol–water partition coefficient (Wildman–Crippen LogP) is 1.56. The van der Waals surface area contributed by atoms with Crippen molar-refractivity contribution < 1.29 is 33.0 Å². The first-order valence-corrected chi connectivity index (χ1v) is 11.9. The second-order valence-corrected chi connectivity index (χ2v) is 9.59. The summed E-state index contributed by atoms with van der Waals surface area (Å²) in [6, 6.07) is 7.51. The third kappa shape index (κ3) is 3.80. The van der Waals surface area contributed by atoms with Gasteiger partial charge in [-0.25, -0.2) is 15.0 Å². The quantitative estimate of drug-likeness (QED) is 0.452. The zero-order valence-corrected chi connectivity index (χ0v) is 18.8. The van der Waals surface area contributed by atoms with Crippen molar-refractivity contribution in [2.75, 3.05) is 26.6 Å². The van der Waals surface area contributed by atoms with E-state index in [0.717, 1.165) is 4.90 Å². The van der Waals surface area contributed by atoms with Crippen molar-refractivity contribution in [2.24, 2.45) is 0 Å². The average Bonchev–Trinajstić information content (AvgIpc) is 3.30. The predicted molar refractivity (Wildman–Crippen MR) is 114 cm³/mol. The van der Waals surface area contributed by atoms with Crippen LogP contribution in [0.2, 0.25) is 0 Å². The number of fused-ring (bicyclic) bond motifs is 2. The third-order valence-corrected chi connectivity index (χ3v) is 7.17. The van der Waals surface area contributed by atoms with Gasteiger partial charge < -0.3 is 19.9 Å². The number of methoxy groups -OCH3 is 2. The molecule has 2 aliphatic heterocycles. The van der Waals surface area contributed by atoms with Crippen LogP contribution in [0.25, 0.3) is 11.2 Å². The molecule has 170 valence electrons. The second-order valence-electron chi connectivity index (χ2n) is 7.10. The minimum Gasteiger partial charge on any atom is -0.497 e. The van der Waals surface area contributed by atoms with Crippen LogP contribution < -0.4 is 10.5 Å². The van der Waals surface area contributed by atoms with E-state index in [2.05, 4.69) is 15.0 Å². The number of nitrogen functional groups attached to an aromatic ring is 1. The highest BCUT2D eigenvalue weighted by Crippen LogP contribution is 2.59. The average molecular weight is 482 g/mol. The van der Waals surface area contributed by atoms with E-state index in [1.165, 1.54) is 25.2 Å². The Hall–Kier alpha value is -2.09. The van der Waals surface area contributed by atoms with Gasteiger partial charge in [0.25, 0.3) is 0 Å². The Morgan fingerprint density at radius 2 is 2.12 bits per heavy atom. The van der Waals surface area contributed by atoms with Crippen molar-refractivity contribution in [1.29, 1.82) is 0 Å². The first-order chi connectivity index (χ1) is 15.4. The summed E-state index contributed by atoms with van der Waals surface area (Å²) < 4.78 is 29.3. The van der Waals surface area contributed by atoms with Gasteiger partial charge in [-0.05, 0) is 18.2 Å². The van der Waals surface area contributed by atoms with Gasteiger partial charge in [0.05, 0.1) is 7.11 Å². The summed E-state index contributed by atoms with van der Waals surface area (Å²) in [7, 11) is -0.850. The Bertz CT molecular complexity index is 1150. The lowest BCUT2D eigenvalue weighted by atomic mass is 10.1. The molecule has 5 rings (SSSR count). The Kier molecular flexibility index (Phi) is 5.68. The Morgan fingerprint density at radius 1 is 1.28 bits per heavy atom. The van der Waals surface area contributed by atoms with Gasteiger partial charge in [-0.1, -0.05) is 17.8 Å². The van der Waals surface area contributed by atoms with Crippen molar-refractivity contribution in [3.05, 3.63) is 30.6 Å². The molecule has 2 saturated heterocycles. The van der Waals surface area contributed by atoms with Gasteiger partial charge in [0.1, 0.15) is 30.9 Å². The van der Waals surface area contributed by atoms with Crippen LogP contribution in [0.5, 0.6) is 5.75 Å². The lowest BCUT2D eigenvalue weighted by molar-refractivity contribution is -0.0763. The minimum absolute atomic E-state index is 0.0517. The molecule has 0 aliphatic carbocycles. The molecule has 4 N–H and O–H groups in total. The molecule has 0 spiro atoms. The van der Waals surface area contributed by atoms with E-state index in [-0.39, 0.29) is 12.4 Å². The number of nitrogens with zero attached hydrogens (tertiary/aromatic N) is 4. The topological polar surface area (TPSA) is 156 Å². The van der Waals surface area contributed by atoms with E-state index in [1.807, 2.05) is 24.3 Å². The fraction of sp³-hybridized carbons (Fsp3) is 0.389. The largest absolute Gasteiger partial charge is 0.570 e. The van der Waals surface area contributed by atoms with Crippen LogP contribution in [-0.2, 0) is 18.5 Å². The smallest absolute Gasteiger partial charge is 0.497 e. The number of hydrogen-bond acceptors (Lipinski definition) is 12. The van der Waals surface area contributed by atoms with E-state index < -0.39 is 32.7 Å². The summed E-state index contributed by atoms with van der Waals surface area (Å²) in [6.07, 6.45) is -1.43. The van der Waals surface area contributed by atoms with Gasteiger partial charge in [0.15, 0.2) is 34.5 Å². The molecule has 3 aromatic rings. The number of hydrogen-bond donors (Lipinski definition) is 3. The highest BCUT2D eigenvalue weighted by molar-refractivity contribution is 7.99. The van der Waals surface area contributed by atoms with E-state index >= 15 is 0 Å². The standard InChI is InChI=1S/C18H21N5O7PS/c1-26-9-4-3-5-10(6-9)32-18-22-12-15(19)20-8-21-16(12)23(18)17-14(27-2)13-11(29-17)7-28-31(24,25)30-13/h3-6,8,11,13-14,17,24-25H,7H2,1-2H3,(H2,19,20,21)/q+1/t11-,13-,14?,17+/m0/s1. The van der Waals surface area contributed by atoms with E-state index in [9.17, 15) is 9.79 Å². The summed E-state index contributed by atoms with van der Waals surface area (Å²) in [5, 5.41) is 0.529. The monoisotopic (exact) mass is 482 g/mol. The maximum absolute atomic E-state index is 9.90. The van der Waals surface area contributed by atoms with Gasteiger partial charge in [0.2, 0.25) is 0 Å².